The van der Waals surface area contributed by atoms with Crippen LogP contribution in [0.15, 0.2) is 24.3 Å². The van der Waals surface area contributed by atoms with E-state index in [1.165, 1.54) is 0 Å². The number of benzene rings is 1. The molecule has 0 aromatic heterocycles. The quantitative estimate of drug-likeness (QED) is 0.474. The fraction of sp³-hybridized carbons (Fsp3) is 0.444. The van der Waals surface area contributed by atoms with Gasteiger partial charge in [-0.25, -0.2) is 0 Å². The first-order chi connectivity index (χ1) is 12.3. The average molecular weight is 379 g/mol. The maximum atomic E-state index is 12.0. The lowest BCUT2D eigenvalue weighted by atomic mass is 10.1. The van der Waals surface area contributed by atoms with Crippen molar-refractivity contribution in [3.05, 3.63) is 29.8 Å². The van der Waals surface area contributed by atoms with E-state index in [0.717, 1.165) is 6.42 Å². The summed E-state index contributed by atoms with van der Waals surface area (Å²) in [6.07, 6.45) is 0.854. The van der Waals surface area contributed by atoms with Gasteiger partial charge in [0.1, 0.15) is 0 Å². The summed E-state index contributed by atoms with van der Waals surface area (Å²) >= 11 is 5.06. The lowest BCUT2D eigenvalue weighted by Crippen LogP contribution is -2.34. The summed E-state index contributed by atoms with van der Waals surface area (Å²) in [7, 11) is 0. The van der Waals surface area contributed by atoms with Crippen LogP contribution in [-0.2, 0) is 14.3 Å². The number of ether oxygens (including phenoxy) is 1. The van der Waals surface area contributed by atoms with Crippen molar-refractivity contribution in [1.82, 2.24) is 10.6 Å². The number of esters is 1. The van der Waals surface area contributed by atoms with E-state index in [1.807, 2.05) is 13.8 Å². The van der Waals surface area contributed by atoms with Crippen LogP contribution >= 0.6 is 12.2 Å². The fourth-order valence-electron chi connectivity index (χ4n) is 1.91. The molecule has 142 valence electrons. The van der Waals surface area contributed by atoms with Crippen LogP contribution in [0.5, 0.6) is 0 Å². The Morgan fingerprint density at radius 2 is 1.77 bits per heavy atom. The number of carbonyl (C=O) groups excluding carboxylic acids is 3. The molecule has 1 unspecified atom stereocenters. The van der Waals surface area contributed by atoms with E-state index >= 15 is 0 Å². The predicted molar refractivity (Wildman–Crippen MR) is 104 cm³/mol. The standard InChI is InChI=1S/C18H25N3O4S/c1-4-12(3)19-17(24)13-6-8-14(9-7-13)20-18(26)21-15(22)10-11-16(23)25-5-2/h6-9,12H,4-5,10-11H2,1-3H3,(H,19,24)(H2,20,21,22,26). The number of thiocarbonyl (C=S) groups is 1. The van der Waals surface area contributed by atoms with Crippen LogP contribution in [0.1, 0.15) is 50.4 Å². The van der Waals surface area contributed by atoms with Crippen LogP contribution < -0.4 is 16.0 Å². The third-order valence-electron chi connectivity index (χ3n) is 3.51. The van der Waals surface area contributed by atoms with Gasteiger partial charge in [0.05, 0.1) is 13.0 Å². The van der Waals surface area contributed by atoms with Crippen molar-refractivity contribution in [3.8, 4) is 0 Å². The van der Waals surface area contributed by atoms with E-state index in [-0.39, 0.29) is 42.4 Å². The maximum absolute atomic E-state index is 12.0. The molecule has 3 N–H and O–H groups in total. The molecule has 0 bridgehead atoms. The van der Waals surface area contributed by atoms with E-state index in [2.05, 4.69) is 16.0 Å². The zero-order valence-electron chi connectivity index (χ0n) is 15.3. The van der Waals surface area contributed by atoms with E-state index in [0.29, 0.717) is 11.3 Å². The zero-order chi connectivity index (χ0) is 19.5. The van der Waals surface area contributed by atoms with Crippen molar-refractivity contribution in [2.24, 2.45) is 0 Å². The highest BCUT2D eigenvalue weighted by molar-refractivity contribution is 7.80. The Kier molecular flexibility index (Phi) is 9.29. The molecule has 1 aromatic carbocycles. The van der Waals surface area contributed by atoms with E-state index in [1.54, 1.807) is 31.2 Å². The summed E-state index contributed by atoms with van der Waals surface area (Å²) in [4.78, 5) is 35.0. The molecule has 0 radical (unpaired) electrons. The Balaban J connectivity index is 2.46. The van der Waals surface area contributed by atoms with Crippen molar-refractivity contribution in [1.29, 1.82) is 0 Å². The van der Waals surface area contributed by atoms with Crippen LogP contribution in [0.3, 0.4) is 0 Å². The first-order valence-electron chi connectivity index (χ1n) is 8.53. The van der Waals surface area contributed by atoms with Crippen LogP contribution in [0.25, 0.3) is 0 Å². The molecule has 26 heavy (non-hydrogen) atoms. The largest absolute Gasteiger partial charge is 0.466 e. The highest BCUT2D eigenvalue weighted by atomic mass is 32.1. The summed E-state index contributed by atoms with van der Waals surface area (Å²) in [5.41, 5.74) is 1.18. The van der Waals surface area contributed by atoms with Crippen molar-refractivity contribution >= 4 is 40.8 Å². The molecule has 1 rings (SSSR count). The Morgan fingerprint density at radius 1 is 1.12 bits per heavy atom. The molecule has 0 heterocycles. The number of anilines is 1. The Morgan fingerprint density at radius 3 is 2.35 bits per heavy atom. The summed E-state index contributed by atoms with van der Waals surface area (Å²) in [6, 6.07) is 6.85. The Hall–Kier alpha value is -2.48. The first-order valence-corrected chi connectivity index (χ1v) is 8.93. The van der Waals surface area contributed by atoms with Gasteiger partial charge in [0.25, 0.3) is 5.91 Å². The summed E-state index contributed by atoms with van der Waals surface area (Å²) in [5.74, 6) is -0.936. The number of nitrogens with one attached hydrogen (secondary N) is 3. The molecular weight excluding hydrogens is 354 g/mol. The smallest absolute Gasteiger partial charge is 0.306 e. The number of rotatable bonds is 8. The summed E-state index contributed by atoms with van der Waals surface area (Å²) in [5, 5.41) is 8.35. The van der Waals surface area contributed by atoms with Gasteiger partial charge in [-0.2, -0.15) is 0 Å². The second kappa shape index (κ2) is 11.2. The topological polar surface area (TPSA) is 96.5 Å². The lowest BCUT2D eigenvalue weighted by Gasteiger charge is -2.12. The van der Waals surface area contributed by atoms with Crippen molar-refractivity contribution < 1.29 is 19.1 Å². The molecule has 0 saturated heterocycles. The third-order valence-corrected chi connectivity index (χ3v) is 3.71. The molecule has 8 heteroatoms. The molecular formula is C18H25N3O4S. The molecule has 0 aliphatic heterocycles. The van der Waals surface area contributed by atoms with Gasteiger partial charge in [-0.1, -0.05) is 6.92 Å². The number of carbonyl (C=O) groups is 3. The molecule has 7 nitrogen and oxygen atoms in total. The minimum atomic E-state index is -0.423. The van der Waals surface area contributed by atoms with Crippen molar-refractivity contribution in [2.75, 3.05) is 11.9 Å². The highest BCUT2D eigenvalue weighted by Crippen LogP contribution is 2.10. The third kappa shape index (κ3) is 8.06. The van der Waals surface area contributed by atoms with E-state index < -0.39 is 5.97 Å². The van der Waals surface area contributed by atoms with Gasteiger partial charge in [-0.05, 0) is 56.8 Å². The number of amides is 2. The summed E-state index contributed by atoms with van der Waals surface area (Å²) < 4.78 is 4.75. The van der Waals surface area contributed by atoms with Gasteiger partial charge < -0.3 is 20.7 Å². The maximum Gasteiger partial charge on any atom is 0.306 e. The summed E-state index contributed by atoms with van der Waals surface area (Å²) in [6.45, 7) is 5.93. The number of hydrogen-bond donors (Lipinski definition) is 3. The fourth-order valence-corrected chi connectivity index (χ4v) is 2.15. The minimum absolute atomic E-state index is 0.00226. The second-order valence-electron chi connectivity index (χ2n) is 5.67. The first kappa shape index (κ1) is 21.6. The van der Waals surface area contributed by atoms with Crippen LogP contribution in [0.2, 0.25) is 0 Å². The predicted octanol–water partition coefficient (Wildman–Crippen LogP) is 2.37. The van der Waals surface area contributed by atoms with Crippen LogP contribution in [0, 0.1) is 0 Å². The van der Waals surface area contributed by atoms with Gasteiger partial charge in [0, 0.05) is 23.7 Å². The molecule has 0 aliphatic carbocycles. The zero-order valence-corrected chi connectivity index (χ0v) is 16.1. The van der Waals surface area contributed by atoms with E-state index in [9.17, 15) is 14.4 Å². The van der Waals surface area contributed by atoms with Crippen LogP contribution in [0.4, 0.5) is 5.69 Å². The molecule has 0 saturated carbocycles. The lowest BCUT2D eigenvalue weighted by molar-refractivity contribution is -0.144. The van der Waals surface area contributed by atoms with Gasteiger partial charge in [-0.15, -0.1) is 0 Å². The van der Waals surface area contributed by atoms with Crippen LogP contribution in [-0.4, -0.2) is 35.5 Å². The Bertz CT molecular complexity index is 646. The van der Waals surface area contributed by atoms with Gasteiger partial charge in [-0.3, -0.25) is 14.4 Å². The molecule has 2 amide bonds. The van der Waals surface area contributed by atoms with Crippen molar-refractivity contribution in [3.63, 3.8) is 0 Å². The van der Waals surface area contributed by atoms with Gasteiger partial charge >= 0.3 is 5.97 Å². The molecule has 0 aliphatic rings. The highest BCUT2D eigenvalue weighted by Gasteiger charge is 2.10. The van der Waals surface area contributed by atoms with Gasteiger partial charge in [0.15, 0.2) is 5.11 Å². The molecule has 1 aromatic rings. The monoisotopic (exact) mass is 379 g/mol. The molecule has 0 fully saturated rings. The normalized spacial score (nSPS) is 11.2. The second-order valence-corrected chi connectivity index (χ2v) is 6.08. The Labute approximate surface area is 158 Å². The molecule has 0 spiro atoms. The molecule has 1 atom stereocenters. The SMILES string of the molecule is CCOC(=O)CCC(=O)NC(=S)Nc1ccc(C(=O)NC(C)CC)cc1. The minimum Gasteiger partial charge on any atom is -0.466 e. The average Bonchev–Trinajstić information content (AvgIpc) is 2.60. The van der Waals surface area contributed by atoms with E-state index in [4.69, 9.17) is 17.0 Å². The van der Waals surface area contributed by atoms with Gasteiger partial charge in [0.2, 0.25) is 5.91 Å². The van der Waals surface area contributed by atoms with Crippen molar-refractivity contribution in [2.45, 2.75) is 46.1 Å². The number of hydrogen-bond acceptors (Lipinski definition) is 5.